The minimum absolute atomic E-state index is 0.0471. The average molecular weight is 419 g/mol. The molecule has 3 aromatic rings. The Labute approximate surface area is 183 Å². The number of nitrogens with zero attached hydrogens (tertiary/aromatic N) is 2. The van der Waals surface area contributed by atoms with Crippen LogP contribution < -0.4 is 4.74 Å². The number of β-amino-alcohol motifs (C(OH)–C–C–N with tert-alkyl or cyclic N) is 1. The normalized spacial score (nSPS) is 19.1. The first kappa shape index (κ1) is 21.3. The van der Waals surface area contributed by atoms with Crippen LogP contribution in [0.3, 0.4) is 0 Å². The molecule has 2 aromatic carbocycles. The fourth-order valence-corrected chi connectivity index (χ4v) is 4.25. The number of likely N-dealkylation sites (tertiary alicyclic amines) is 1. The zero-order chi connectivity index (χ0) is 22.2. The summed E-state index contributed by atoms with van der Waals surface area (Å²) in [5.74, 6) is 0.561. The number of aryl methyl sites for hydroxylation is 1. The van der Waals surface area contributed by atoms with Gasteiger partial charge in [-0.2, -0.15) is 0 Å². The zero-order valence-electron chi connectivity index (χ0n) is 18.6. The van der Waals surface area contributed by atoms with E-state index in [1.165, 1.54) is 0 Å². The number of hydrogen-bond acceptors (Lipinski definition) is 4. The first-order valence-corrected chi connectivity index (χ1v) is 10.8. The maximum atomic E-state index is 13.3. The van der Waals surface area contributed by atoms with Gasteiger partial charge in [0.05, 0.1) is 11.6 Å². The van der Waals surface area contributed by atoms with Gasteiger partial charge in [0.1, 0.15) is 5.75 Å². The number of aromatic nitrogens is 1. The van der Waals surface area contributed by atoms with E-state index in [0.29, 0.717) is 19.5 Å². The Kier molecular flexibility index (Phi) is 5.71. The van der Waals surface area contributed by atoms with Gasteiger partial charge in [-0.1, -0.05) is 36.4 Å². The number of aliphatic hydroxyl groups is 1. The summed E-state index contributed by atoms with van der Waals surface area (Å²) in [7, 11) is 0. The molecule has 162 valence electrons. The van der Waals surface area contributed by atoms with E-state index < -0.39 is 11.7 Å². The highest BCUT2D eigenvalue weighted by atomic mass is 16.5. The second-order valence-corrected chi connectivity index (χ2v) is 9.05. The number of carbonyl (C=O) groups is 1. The molecule has 0 unspecified atom stereocenters. The van der Waals surface area contributed by atoms with Crippen LogP contribution in [0.5, 0.6) is 5.75 Å². The van der Waals surface area contributed by atoms with E-state index in [9.17, 15) is 9.90 Å². The van der Waals surface area contributed by atoms with Crippen LogP contribution in [0.15, 0.2) is 54.6 Å². The number of pyridine rings is 1. The third-order valence-corrected chi connectivity index (χ3v) is 6.26. The van der Waals surface area contributed by atoms with Crippen molar-refractivity contribution in [1.82, 2.24) is 9.88 Å². The summed E-state index contributed by atoms with van der Waals surface area (Å²) in [6.07, 6.45) is 0.0577. The molecular weight excluding hydrogens is 388 g/mol. The van der Waals surface area contributed by atoms with Crippen LogP contribution in [0.1, 0.15) is 30.7 Å². The monoisotopic (exact) mass is 418 g/mol. The number of rotatable bonds is 5. The van der Waals surface area contributed by atoms with Gasteiger partial charge in [-0.3, -0.25) is 9.78 Å². The third kappa shape index (κ3) is 4.42. The van der Waals surface area contributed by atoms with E-state index in [1.807, 2.05) is 62.4 Å². The van der Waals surface area contributed by atoms with E-state index in [1.54, 1.807) is 18.7 Å². The maximum absolute atomic E-state index is 13.3. The van der Waals surface area contributed by atoms with Crippen LogP contribution in [0.4, 0.5) is 0 Å². The first-order valence-electron chi connectivity index (χ1n) is 10.8. The number of carbonyl (C=O) groups excluding carboxylic acids is 1. The van der Waals surface area contributed by atoms with Gasteiger partial charge in [0.15, 0.2) is 5.60 Å². The largest absolute Gasteiger partial charge is 0.478 e. The van der Waals surface area contributed by atoms with Crippen molar-refractivity contribution in [2.75, 3.05) is 13.1 Å². The molecule has 0 radical (unpaired) electrons. The summed E-state index contributed by atoms with van der Waals surface area (Å²) >= 11 is 0. The van der Waals surface area contributed by atoms with Crippen molar-refractivity contribution in [3.63, 3.8) is 0 Å². The molecule has 0 aliphatic carbocycles. The van der Waals surface area contributed by atoms with Crippen LogP contribution in [0, 0.1) is 19.8 Å². The molecule has 1 saturated heterocycles. The van der Waals surface area contributed by atoms with Crippen LogP contribution in [0.25, 0.3) is 10.9 Å². The van der Waals surface area contributed by atoms with Gasteiger partial charge in [-0.25, -0.2) is 0 Å². The molecule has 5 nitrogen and oxygen atoms in total. The second kappa shape index (κ2) is 8.31. The van der Waals surface area contributed by atoms with E-state index >= 15 is 0 Å². The minimum Gasteiger partial charge on any atom is -0.478 e. The Morgan fingerprint density at radius 2 is 1.87 bits per heavy atom. The second-order valence-electron chi connectivity index (χ2n) is 9.05. The fraction of sp³-hybridized carbons (Fsp3) is 0.385. The predicted octanol–water partition coefficient (Wildman–Crippen LogP) is 4.07. The number of hydrogen-bond donors (Lipinski definition) is 1. The molecule has 2 atom stereocenters. The van der Waals surface area contributed by atoms with Crippen LogP contribution in [-0.2, 0) is 11.2 Å². The van der Waals surface area contributed by atoms with Crippen molar-refractivity contribution in [1.29, 1.82) is 0 Å². The van der Waals surface area contributed by atoms with Gasteiger partial charge in [-0.05, 0) is 63.4 Å². The lowest BCUT2D eigenvalue weighted by molar-refractivity contribution is -0.144. The molecule has 0 saturated carbocycles. The number of para-hydroxylation sites is 1. The third-order valence-electron chi connectivity index (χ3n) is 6.26. The summed E-state index contributed by atoms with van der Waals surface area (Å²) in [5.41, 5.74) is 3.02. The molecular formula is C26H30N2O3. The highest BCUT2D eigenvalue weighted by Crippen LogP contribution is 2.29. The molecule has 0 spiro atoms. The van der Waals surface area contributed by atoms with Crippen molar-refractivity contribution in [2.24, 2.45) is 5.92 Å². The van der Waals surface area contributed by atoms with Gasteiger partial charge in [0.2, 0.25) is 0 Å². The Morgan fingerprint density at radius 3 is 2.68 bits per heavy atom. The fourth-order valence-electron chi connectivity index (χ4n) is 4.25. The Morgan fingerprint density at radius 1 is 1.10 bits per heavy atom. The van der Waals surface area contributed by atoms with Gasteiger partial charge >= 0.3 is 0 Å². The smallest absolute Gasteiger partial charge is 0.266 e. The summed E-state index contributed by atoms with van der Waals surface area (Å²) < 4.78 is 6.14. The molecule has 31 heavy (non-hydrogen) atoms. The number of aliphatic hydroxyl groups excluding tert-OH is 1. The van der Waals surface area contributed by atoms with Gasteiger partial charge in [0, 0.05) is 30.1 Å². The van der Waals surface area contributed by atoms with Crippen LogP contribution >= 0.6 is 0 Å². The molecule has 1 aliphatic rings. The number of amides is 1. The quantitative estimate of drug-likeness (QED) is 0.678. The van der Waals surface area contributed by atoms with Crippen molar-refractivity contribution in [3.05, 3.63) is 71.4 Å². The number of fused-ring (bicyclic) bond motifs is 1. The molecule has 1 aromatic heterocycles. The van der Waals surface area contributed by atoms with Gasteiger partial charge < -0.3 is 14.7 Å². The summed E-state index contributed by atoms with van der Waals surface area (Å²) in [6, 6.07) is 17.9. The molecule has 5 heteroatoms. The van der Waals surface area contributed by atoms with Crippen molar-refractivity contribution < 1.29 is 14.6 Å². The highest BCUT2D eigenvalue weighted by Gasteiger charge is 2.41. The lowest BCUT2D eigenvalue weighted by Crippen LogP contribution is -2.48. The summed E-state index contributed by atoms with van der Waals surface area (Å²) in [6.45, 7) is 8.42. The first-order chi connectivity index (χ1) is 14.7. The topological polar surface area (TPSA) is 62.7 Å². The molecule has 0 bridgehead atoms. The van der Waals surface area contributed by atoms with Gasteiger partial charge in [0.25, 0.3) is 5.91 Å². The minimum atomic E-state index is -1.02. The van der Waals surface area contributed by atoms with Crippen molar-refractivity contribution in [2.45, 2.75) is 45.8 Å². The lowest BCUT2D eigenvalue weighted by atomic mass is 9.99. The van der Waals surface area contributed by atoms with E-state index in [2.05, 4.69) is 6.07 Å². The molecule has 1 N–H and O–H groups in total. The SMILES string of the molecule is Cc1cccc(OC(C)(C)C(=O)N2C[C@@H](Cc3ccc4ccccc4n3)[C@H](O)C2)c1C. The highest BCUT2D eigenvalue weighted by molar-refractivity contribution is 5.85. The Balaban J connectivity index is 1.45. The van der Waals surface area contributed by atoms with E-state index in [4.69, 9.17) is 9.72 Å². The molecule has 2 heterocycles. The summed E-state index contributed by atoms with van der Waals surface area (Å²) in [4.78, 5) is 19.7. The molecule has 1 aliphatic heterocycles. The predicted molar refractivity (Wildman–Crippen MR) is 122 cm³/mol. The Hall–Kier alpha value is -2.92. The molecule has 4 rings (SSSR count). The number of benzene rings is 2. The van der Waals surface area contributed by atoms with Crippen molar-refractivity contribution >= 4 is 16.8 Å². The zero-order valence-corrected chi connectivity index (χ0v) is 18.6. The van der Waals surface area contributed by atoms with Gasteiger partial charge in [-0.15, -0.1) is 0 Å². The number of ether oxygens (including phenoxy) is 1. The van der Waals surface area contributed by atoms with Crippen LogP contribution in [-0.4, -0.2) is 45.7 Å². The molecule has 1 amide bonds. The lowest BCUT2D eigenvalue weighted by Gasteiger charge is -2.30. The van der Waals surface area contributed by atoms with Crippen LogP contribution in [0.2, 0.25) is 0 Å². The van der Waals surface area contributed by atoms with E-state index in [-0.39, 0.29) is 11.8 Å². The maximum Gasteiger partial charge on any atom is 0.266 e. The van der Waals surface area contributed by atoms with Crippen molar-refractivity contribution in [3.8, 4) is 5.75 Å². The average Bonchev–Trinajstić information content (AvgIpc) is 3.10. The standard InChI is InChI=1S/C26H30N2O3/c1-17-8-7-11-24(18(17)2)31-26(3,4)25(30)28-15-20(23(29)16-28)14-21-13-12-19-9-5-6-10-22(19)27-21/h5-13,20,23,29H,14-16H2,1-4H3/t20-,23-/m1/s1. The summed E-state index contributed by atoms with van der Waals surface area (Å²) in [5, 5.41) is 11.8. The molecule has 1 fully saturated rings. The van der Waals surface area contributed by atoms with E-state index in [0.717, 1.165) is 33.5 Å². The Bertz CT molecular complexity index is 1110.